The van der Waals surface area contributed by atoms with E-state index in [1.165, 1.54) is 0 Å². The van der Waals surface area contributed by atoms with Gasteiger partial charge in [-0.1, -0.05) is 0 Å². The van der Waals surface area contributed by atoms with Crippen LogP contribution in [0.15, 0.2) is 35.5 Å². The molecule has 2 aromatic rings. The van der Waals surface area contributed by atoms with Crippen LogP contribution in [0.4, 0.5) is 0 Å². The number of rotatable bonds is 4. The van der Waals surface area contributed by atoms with Crippen LogP contribution in [0, 0.1) is 0 Å². The molecule has 21 heavy (non-hydrogen) atoms. The first-order chi connectivity index (χ1) is 10.2. The molecule has 0 unspecified atom stereocenters. The molecule has 1 aliphatic heterocycles. The van der Waals surface area contributed by atoms with Gasteiger partial charge in [-0.05, 0) is 12.1 Å². The summed E-state index contributed by atoms with van der Waals surface area (Å²) in [4.78, 5) is 33.3. The van der Waals surface area contributed by atoms with E-state index in [0.29, 0.717) is 12.2 Å². The molecule has 3 heterocycles. The molecular formula is C14H19N5O2. The Morgan fingerprint density at radius 1 is 1.10 bits per heavy atom. The van der Waals surface area contributed by atoms with Crippen molar-refractivity contribution in [2.45, 2.75) is 6.54 Å². The van der Waals surface area contributed by atoms with Crippen molar-refractivity contribution < 1.29 is 4.79 Å². The molecule has 0 aliphatic carbocycles. The highest BCUT2D eigenvalue weighted by Gasteiger charge is 2.22. The first kappa shape index (κ1) is 13.7. The number of amides is 1. The maximum absolute atomic E-state index is 12.2. The molecule has 0 aromatic carbocycles. The Morgan fingerprint density at radius 3 is 2.52 bits per heavy atom. The lowest BCUT2D eigenvalue weighted by Gasteiger charge is -2.34. The highest BCUT2D eigenvalue weighted by Crippen LogP contribution is 2.07. The lowest BCUT2D eigenvalue weighted by atomic mass is 10.2. The van der Waals surface area contributed by atoms with E-state index in [4.69, 9.17) is 0 Å². The lowest BCUT2D eigenvalue weighted by Crippen LogP contribution is -2.49. The fourth-order valence-corrected chi connectivity index (χ4v) is 2.58. The molecule has 7 nitrogen and oxygen atoms in total. The fourth-order valence-electron chi connectivity index (χ4n) is 2.58. The van der Waals surface area contributed by atoms with Gasteiger partial charge in [-0.2, -0.15) is 0 Å². The van der Waals surface area contributed by atoms with Crippen LogP contribution in [0.2, 0.25) is 0 Å². The Kier molecular flexibility index (Phi) is 3.92. The number of imidazole rings is 1. The van der Waals surface area contributed by atoms with E-state index in [1.54, 1.807) is 29.2 Å². The van der Waals surface area contributed by atoms with Gasteiger partial charge in [0.25, 0.3) is 5.91 Å². The zero-order chi connectivity index (χ0) is 14.7. The number of H-pyrrole nitrogens is 2. The number of aromatic nitrogens is 3. The van der Waals surface area contributed by atoms with Crippen molar-refractivity contribution in [3.63, 3.8) is 0 Å². The summed E-state index contributed by atoms with van der Waals surface area (Å²) in [5.74, 6) is 0.0569. The second kappa shape index (κ2) is 6.01. The van der Waals surface area contributed by atoms with Crippen molar-refractivity contribution in [1.82, 2.24) is 24.3 Å². The normalized spacial score (nSPS) is 16.3. The predicted molar refractivity (Wildman–Crippen MR) is 78.2 cm³/mol. The number of hydrogen-bond donors (Lipinski definition) is 2. The van der Waals surface area contributed by atoms with Gasteiger partial charge >= 0.3 is 5.69 Å². The van der Waals surface area contributed by atoms with E-state index in [2.05, 4.69) is 14.9 Å². The average molecular weight is 289 g/mol. The quantitative estimate of drug-likeness (QED) is 0.829. The van der Waals surface area contributed by atoms with Gasteiger partial charge in [0, 0.05) is 57.9 Å². The smallest absolute Gasteiger partial charge is 0.325 e. The molecule has 0 radical (unpaired) electrons. The Hall–Kier alpha value is -2.28. The zero-order valence-corrected chi connectivity index (χ0v) is 11.8. The van der Waals surface area contributed by atoms with Crippen molar-refractivity contribution in [3.8, 4) is 0 Å². The molecule has 1 fully saturated rings. The Balaban J connectivity index is 1.48. The second-order valence-corrected chi connectivity index (χ2v) is 5.18. The van der Waals surface area contributed by atoms with E-state index in [-0.39, 0.29) is 11.6 Å². The number of hydrogen-bond acceptors (Lipinski definition) is 3. The summed E-state index contributed by atoms with van der Waals surface area (Å²) in [5.41, 5.74) is 0.567. The number of nitrogens with zero attached hydrogens (tertiary/aromatic N) is 3. The number of piperazine rings is 1. The standard InChI is InChI=1S/C14H19N5O2/c20-13(12-2-1-3-15-12)18-9-6-17(7-10-18)8-11-19-5-4-16-14(19)21/h1-5,15H,6-11H2,(H,16,21). The molecule has 112 valence electrons. The molecule has 2 aromatic heterocycles. The van der Waals surface area contributed by atoms with Crippen molar-refractivity contribution in [2.75, 3.05) is 32.7 Å². The maximum Gasteiger partial charge on any atom is 0.325 e. The molecule has 0 bridgehead atoms. The molecule has 1 amide bonds. The first-order valence-corrected chi connectivity index (χ1v) is 7.13. The Morgan fingerprint density at radius 2 is 1.90 bits per heavy atom. The zero-order valence-electron chi connectivity index (χ0n) is 11.8. The van der Waals surface area contributed by atoms with Crippen LogP contribution in [0.3, 0.4) is 0 Å². The number of carbonyl (C=O) groups is 1. The number of carbonyl (C=O) groups excluding carboxylic acids is 1. The van der Waals surface area contributed by atoms with Crippen LogP contribution >= 0.6 is 0 Å². The van der Waals surface area contributed by atoms with Crippen LogP contribution < -0.4 is 5.69 Å². The summed E-state index contributed by atoms with van der Waals surface area (Å²) < 4.78 is 1.66. The van der Waals surface area contributed by atoms with E-state index < -0.39 is 0 Å². The van der Waals surface area contributed by atoms with Crippen LogP contribution in [-0.4, -0.2) is 63.0 Å². The number of aromatic amines is 2. The summed E-state index contributed by atoms with van der Waals surface area (Å²) in [7, 11) is 0. The summed E-state index contributed by atoms with van der Waals surface area (Å²) >= 11 is 0. The highest BCUT2D eigenvalue weighted by atomic mass is 16.2. The Bertz CT molecular complexity index is 634. The first-order valence-electron chi connectivity index (χ1n) is 7.13. The molecule has 0 atom stereocenters. The minimum atomic E-state index is -0.0736. The van der Waals surface area contributed by atoms with Gasteiger partial charge in [0.15, 0.2) is 0 Å². The molecule has 1 aliphatic rings. The largest absolute Gasteiger partial charge is 0.357 e. The third-order valence-electron chi connectivity index (χ3n) is 3.87. The molecule has 7 heteroatoms. The second-order valence-electron chi connectivity index (χ2n) is 5.18. The molecule has 3 rings (SSSR count). The monoisotopic (exact) mass is 289 g/mol. The summed E-state index contributed by atoms with van der Waals surface area (Å²) in [6.07, 6.45) is 5.17. The van der Waals surface area contributed by atoms with Crippen molar-refractivity contribution in [2.24, 2.45) is 0 Å². The minimum absolute atomic E-state index is 0.0569. The fraction of sp³-hybridized carbons (Fsp3) is 0.429. The topological polar surface area (TPSA) is 77.1 Å². The van der Waals surface area contributed by atoms with Crippen molar-refractivity contribution in [3.05, 3.63) is 46.9 Å². The molecule has 2 N–H and O–H groups in total. The van der Waals surface area contributed by atoms with Crippen LogP contribution in [0.1, 0.15) is 10.5 Å². The molecular weight excluding hydrogens is 270 g/mol. The van der Waals surface area contributed by atoms with Gasteiger partial charge in [-0.15, -0.1) is 0 Å². The third kappa shape index (κ3) is 3.08. The van der Waals surface area contributed by atoms with Gasteiger partial charge in [-0.25, -0.2) is 4.79 Å². The van der Waals surface area contributed by atoms with Crippen LogP contribution in [-0.2, 0) is 6.54 Å². The van der Waals surface area contributed by atoms with Crippen molar-refractivity contribution in [1.29, 1.82) is 0 Å². The van der Waals surface area contributed by atoms with E-state index in [9.17, 15) is 9.59 Å². The van der Waals surface area contributed by atoms with Crippen molar-refractivity contribution >= 4 is 5.91 Å². The van der Waals surface area contributed by atoms with Gasteiger partial charge in [0.1, 0.15) is 5.69 Å². The third-order valence-corrected chi connectivity index (χ3v) is 3.87. The Labute approximate surface area is 122 Å². The minimum Gasteiger partial charge on any atom is -0.357 e. The van der Waals surface area contributed by atoms with E-state index >= 15 is 0 Å². The molecule has 0 spiro atoms. The van der Waals surface area contributed by atoms with Crippen LogP contribution in [0.25, 0.3) is 0 Å². The van der Waals surface area contributed by atoms with Gasteiger partial charge in [0.2, 0.25) is 0 Å². The molecule has 0 saturated carbocycles. The van der Waals surface area contributed by atoms with Gasteiger partial charge in [0.05, 0.1) is 0 Å². The summed E-state index contributed by atoms with van der Waals surface area (Å²) in [6, 6.07) is 3.63. The maximum atomic E-state index is 12.2. The lowest BCUT2D eigenvalue weighted by molar-refractivity contribution is 0.0628. The van der Waals surface area contributed by atoms with Gasteiger partial charge < -0.3 is 14.9 Å². The summed E-state index contributed by atoms with van der Waals surface area (Å²) in [5, 5.41) is 0. The summed E-state index contributed by atoms with van der Waals surface area (Å²) in [6.45, 7) is 4.62. The predicted octanol–water partition coefficient (Wildman–Crippen LogP) is -0.0375. The van der Waals surface area contributed by atoms with E-state index in [1.807, 2.05) is 11.0 Å². The number of nitrogens with one attached hydrogen (secondary N) is 2. The molecule has 1 saturated heterocycles. The van der Waals surface area contributed by atoms with E-state index in [0.717, 1.165) is 32.7 Å². The van der Waals surface area contributed by atoms with Crippen LogP contribution in [0.5, 0.6) is 0 Å². The average Bonchev–Trinajstić information content (AvgIpc) is 3.17. The van der Waals surface area contributed by atoms with Gasteiger partial charge in [-0.3, -0.25) is 14.3 Å². The SMILES string of the molecule is O=C(c1ccc[nH]1)N1CCN(CCn2cc[nH]c2=O)CC1. The highest BCUT2D eigenvalue weighted by molar-refractivity contribution is 5.92.